The Morgan fingerprint density at radius 2 is 1.90 bits per heavy atom. The van der Waals surface area contributed by atoms with Gasteiger partial charge in [-0.05, 0) is 32.8 Å². The number of aromatic amines is 2. The molecule has 13 heteroatoms. The number of aromatic nitrogens is 6. The highest BCUT2D eigenvalue weighted by molar-refractivity contribution is 6.20. The van der Waals surface area contributed by atoms with E-state index in [1.807, 2.05) is 19.2 Å². The number of carbonyl (C=O) groups is 2. The van der Waals surface area contributed by atoms with Gasteiger partial charge in [-0.25, -0.2) is 19.8 Å². The van der Waals surface area contributed by atoms with E-state index in [0.29, 0.717) is 58.4 Å². The molecule has 5 rings (SSSR count). The number of allylic oxidation sites excluding steroid dienone is 1. The third kappa shape index (κ3) is 5.11. The first-order chi connectivity index (χ1) is 18.9. The fourth-order valence-corrected chi connectivity index (χ4v) is 4.42. The Labute approximate surface area is 224 Å². The summed E-state index contributed by atoms with van der Waals surface area (Å²) in [5.41, 5.74) is 4.05. The molecule has 13 nitrogen and oxygen atoms in total. The van der Waals surface area contributed by atoms with Crippen LogP contribution in [0.25, 0.3) is 39.3 Å². The van der Waals surface area contributed by atoms with Crippen molar-refractivity contribution in [2.24, 2.45) is 4.99 Å². The third-order valence-corrected chi connectivity index (χ3v) is 6.62. The molecule has 5 heterocycles. The van der Waals surface area contributed by atoms with Gasteiger partial charge in [0.15, 0.2) is 17.3 Å². The average molecular weight is 528 g/mol. The maximum atomic E-state index is 12.7. The van der Waals surface area contributed by atoms with E-state index < -0.39 is 0 Å². The van der Waals surface area contributed by atoms with E-state index in [0.717, 1.165) is 24.2 Å². The monoisotopic (exact) mass is 527 g/mol. The number of aliphatic imine (C=N–C) groups is 1. The number of nitrogens with one attached hydrogen (secondary N) is 4. The predicted octanol–water partition coefficient (Wildman–Crippen LogP) is 2.67. The van der Waals surface area contributed by atoms with Gasteiger partial charge in [-0.2, -0.15) is 5.10 Å². The van der Waals surface area contributed by atoms with E-state index in [-0.39, 0.29) is 11.9 Å². The van der Waals surface area contributed by atoms with Crippen LogP contribution in [0.2, 0.25) is 0 Å². The molecule has 0 unspecified atom stereocenters. The first-order valence-corrected chi connectivity index (χ1v) is 12.4. The van der Waals surface area contributed by atoms with Gasteiger partial charge in [-0.15, -0.1) is 0 Å². The summed E-state index contributed by atoms with van der Waals surface area (Å²) in [6.07, 6.45) is 6.70. The second-order valence-corrected chi connectivity index (χ2v) is 9.10. The zero-order chi connectivity index (χ0) is 27.5. The van der Waals surface area contributed by atoms with Crippen LogP contribution >= 0.6 is 0 Å². The summed E-state index contributed by atoms with van der Waals surface area (Å²) in [4.78, 5) is 49.6. The fraction of sp³-hybridized carbons (Fsp3) is 0.269. The van der Waals surface area contributed by atoms with Crippen LogP contribution in [0.4, 0.5) is 16.3 Å². The highest BCUT2D eigenvalue weighted by Gasteiger charge is 2.22. The molecule has 1 saturated heterocycles. The molecule has 0 radical (unpaired) electrons. The quantitative estimate of drug-likeness (QED) is 0.221. The highest BCUT2D eigenvalue weighted by Crippen LogP contribution is 2.32. The van der Waals surface area contributed by atoms with E-state index in [4.69, 9.17) is 0 Å². The summed E-state index contributed by atoms with van der Waals surface area (Å²) in [5, 5.41) is 13.6. The SMILES string of the molecule is C=Nc1nc(-c2[nH]nc3ncc(-c4cncc(NC(=O)N5CCN(C)CC5)c4)cc23)[nH]c1/C(=C\C)C(=O)NC. The van der Waals surface area contributed by atoms with E-state index in [2.05, 4.69) is 57.4 Å². The van der Waals surface area contributed by atoms with Gasteiger partial charge in [0.2, 0.25) is 0 Å². The molecular weight excluding hydrogens is 498 g/mol. The topological polar surface area (TPSA) is 160 Å². The molecule has 0 aliphatic carbocycles. The number of pyridine rings is 2. The van der Waals surface area contributed by atoms with Gasteiger partial charge in [0.25, 0.3) is 5.91 Å². The van der Waals surface area contributed by atoms with Crippen molar-refractivity contribution >= 4 is 46.8 Å². The minimum atomic E-state index is -0.275. The second kappa shape index (κ2) is 10.8. The van der Waals surface area contributed by atoms with Crippen molar-refractivity contribution in [1.29, 1.82) is 0 Å². The number of rotatable bonds is 6. The van der Waals surface area contributed by atoms with Crippen LogP contribution in [0, 0.1) is 0 Å². The molecular formula is C26H29N11O2. The lowest BCUT2D eigenvalue weighted by Crippen LogP contribution is -2.48. The summed E-state index contributed by atoms with van der Waals surface area (Å²) in [6.45, 7) is 8.39. The molecule has 0 spiro atoms. The van der Waals surface area contributed by atoms with E-state index in [1.165, 1.54) is 0 Å². The van der Waals surface area contributed by atoms with Gasteiger partial charge in [0, 0.05) is 56.7 Å². The highest BCUT2D eigenvalue weighted by atomic mass is 16.2. The summed E-state index contributed by atoms with van der Waals surface area (Å²) in [6, 6.07) is 3.63. The van der Waals surface area contributed by atoms with Crippen LogP contribution in [0.3, 0.4) is 0 Å². The lowest BCUT2D eigenvalue weighted by atomic mass is 10.1. The first-order valence-electron chi connectivity index (χ1n) is 12.4. The zero-order valence-corrected chi connectivity index (χ0v) is 21.9. The third-order valence-electron chi connectivity index (χ3n) is 6.62. The number of hydrogen-bond donors (Lipinski definition) is 4. The Bertz CT molecular complexity index is 1580. The molecule has 4 aromatic heterocycles. The Morgan fingerprint density at radius 3 is 2.62 bits per heavy atom. The number of amides is 3. The van der Waals surface area contributed by atoms with Gasteiger partial charge >= 0.3 is 6.03 Å². The molecule has 4 aromatic rings. The van der Waals surface area contributed by atoms with Crippen molar-refractivity contribution < 1.29 is 9.59 Å². The lowest BCUT2D eigenvalue weighted by Gasteiger charge is -2.32. The van der Waals surface area contributed by atoms with Gasteiger partial charge < -0.3 is 25.4 Å². The lowest BCUT2D eigenvalue weighted by molar-refractivity contribution is -0.115. The van der Waals surface area contributed by atoms with Crippen molar-refractivity contribution in [1.82, 2.24) is 45.2 Å². The number of urea groups is 1. The first kappa shape index (κ1) is 25.7. The number of imidazole rings is 1. The smallest absolute Gasteiger partial charge is 0.321 e. The van der Waals surface area contributed by atoms with Crippen molar-refractivity contribution in [3.8, 4) is 22.6 Å². The Balaban J connectivity index is 1.45. The normalized spacial score (nSPS) is 14.4. The standard InChI is InChI=1S/C26H29N11O2/c1-5-18(25(38)28-3)20-23(27-2)33-24(32-20)21-19-11-16(13-30-22(19)35-34-21)15-10-17(14-29-12-15)31-26(39)37-8-6-36(4)7-9-37/h5,10-14H,2,6-9H2,1,3-4H3,(H,28,38)(H,31,39)(H,32,33)(H,30,34,35)/b18-5+. The van der Waals surface area contributed by atoms with Crippen LogP contribution in [0.15, 0.2) is 41.8 Å². The Hall–Kier alpha value is -4.91. The maximum Gasteiger partial charge on any atom is 0.321 e. The summed E-state index contributed by atoms with van der Waals surface area (Å²) in [5.74, 6) is 0.452. The number of carbonyl (C=O) groups excluding carboxylic acids is 2. The number of H-pyrrole nitrogens is 2. The number of nitrogens with zero attached hydrogens (tertiary/aromatic N) is 7. The molecule has 1 aliphatic heterocycles. The maximum absolute atomic E-state index is 12.7. The summed E-state index contributed by atoms with van der Waals surface area (Å²) in [7, 11) is 3.60. The van der Waals surface area contributed by atoms with E-state index in [1.54, 1.807) is 43.5 Å². The molecule has 0 aromatic carbocycles. The van der Waals surface area contributed by atoms with Gasteiger partial charge in [-0.1, -0.05) is 6.08 Å². The minimum Gasteiger partial charge on any atom is -0.355 e. The van der Waals surface area contributed by atoms with Crippen LogP contribution in [0.1, 0.15) is 12.6 Å². The molecule has 0 bridgehead atoms. The summed E-state index contributed by atoms with van der Waals surface area (Å²) < 4.78 is 0. The Morgan fingerprint density at radius 1 is 1.13 bits per heavy atom. The molecule has 200 valence electrons. The van der Waals surface area contributed by atoms with Crippen LogP contribution in [0.5, 0.6) is 0 Å². The molecule has 4 N–H and O–H groups in total. The van der Waals surface area contributed by atoms with E-state index in [9.17, 15) is 9.59 Å². The molecule has 0 atom stereocenters. The van der Waals surface area contributed by atoms with Crippen molar-refractivity contribution in [2.45, 2.75) is 6.92 Å². The van der Waals surface area contributed by atoms with Crippen molar-refractivity contribution in [3.63, 3.8) is 0 Å². The Kier molecular flexibility index (Phi) is 7.14. The number of fused-ring (bicyclic) bond motifs is 1. The molecule has 1 aliphatic rings. The van der Waals surface area contributed by atoms with Gasteiger partial charge in [0.05, 0.1) is 28.5 Å². The molecule has 3 amide bonds. The molecule has 1 fully saturated rings. The van der Waals surface area contributed by atoms with Crippen LogP contribution < -0.4 is 10.6 Å². The largest absolute Gasteiger partial charge is 0.355 e. The average Bonchev–Trinajstić information content (AvgIpc) is 3.57. The number of piperazine rings is 1. The molecule has 0 saturated carbocycles. The number of hydrogen-bond acceptors (Lipinski definition) is 8. The van der Waals surface area contributed by atoms with Crippen LogP contribution in [-0.4, -0.2) is 98.9 Å². The van der Waals surface area contributed by atoms with Crippen LogP contribution in [-0.2, 0) is 4.79 Å². The molecule has 39 heavy (non-hydrogen) atoms. The van der Waals surface area contributed by atoms with Gasteiger partial charge in [0.1, 0.15) is 5.69 Å². The van der Waals surface area contributed by atoms with Crippen molar-refractivity contribution in [3.05, 3.63) is 42.5 Å². The summed E-state index contributed by atoms with van der Waals surface area (Å²) >= 11 is 0. The second-order valence-electron chi connectivity index (χ2n) is 9.10. The fourth-order valence-electron chi connectivity index (χ4n) is 4.42. The van der Waals surface area contributed by atoms with Gasteiger partial charge in [-0.3, -0.25) is 14.9 Å². The minimum absolute atomic E-state index is 0.148. The number of anilines is 1. The zero-order valence-electron chi connectivity index (χ0n) is 21.9. The van der Waals surface area contributed by atoms with Crippen molar-refractivity contribution in [2.75, 3.05) is 45.6 Å². The van der Waals surface area contributed by atoms with E-state index >= 15 is 0 Å². The number of likely N-dealkylation sites (N-methyl/N-ethyl adjacent to an activating group) is 2. The predicted molar refractivity (Wildman–Crippen MR) is 150 cm³/mol.